The van der Waals surface area contributed by atoms with Crippen LogP contribution in [0.1, 0.15) is 10.4 Å². The molecular weight excluding hydrogens is 366 g/mol. The Morgan fingerprint density at radius 2 is 1.80 bits per heavy atom. The van der Waals surface area contributed by atoms with Gasteiger partial charge in [-0.3, -0.25) is 9.59 Å². The van der Waals surface area contributed by atoms with Crippen LogP contribution in [0.25, 0.3) is 0 Å². The Bertz CT molecular complexity index is 739. The lowest BCUT2D eigenvalue weighted by atomic mass is 10.1. The maximum absolute atomic E-state index is 12.5. The number of ether oxygens (including phenoxy) is 2. The minimum atomic E-state index is -1.08. The summed E-state index contributed by atoms with van der Waals surface area (Å²) in [6.07, 6.45) is 0.103. The lowest BCUT2D eigenvalue weighted by Crippen LogP contribution is -2.36. The monoisotopic (exact) mass is 383 g/mol. The maximum atomic E-state index is 12.5. The van der Waals surface area contributed by atoms with Crippen LogP contribution in [0.3, 0.4) is 0 Å². The molecule has 8 heteroatoms. The van der Waals surface area contributed by atoms with Crippen molar-refractivity contribution in [1.29, 1.82) is 0 Å². The van der Waals surface area contributed by atoms with Crippen molar-refractivity contribution in [2.45, 2.75) is 13.0 Å². The standard InChI is InChI=1S/C17H18ClNO5S/c1-23-12-5-11(6-13(7-12)24-2)9-19(10-17(21)22)16(20)8-14-3-4-15(18)25-14/h3-7H,8-10H2,1-2H3,(H,21,22). The summed E-state index contributed by atoms with van der Waals surface area (Å²) in [4.78, 5) is 25.7. The molecule has 0 saturated carbocycles. The maximum Gasteiger partial charge on any atom is 0.323 e. The molecule has 0 radical (unpaired) electrons. The second-order valence-corrected chi connectivity index (χ2v) is 7.05. The van der Waals surface area contributed by atoms with Gasteiger partial charge in [-0.2, -0.15) is 0 Å². The predicted octanol–water partition coefficient (Wildman–Crippen LogP) is 3.07. The molecule has 25 heavy (non-hydrogen) atoms. The zero-order valence-electron chi connectivity index (χ0n) is 13.8. The third-order valence-electron chi connectivity index (χ3n) is 3.42. The summed E-state index contributed by atoms with van der Waals surface area (Å²) in [5.41, 5.74) is 0.718. The van der Waals surface area contributed by atoms with Gasteiger partial charge in [0.25, 0.3) is 0 Å². The van der Waals surface area contributed by atoms with Gasteiger partial charge in [-0.1, -0.05) is 11.6 Å². The van der Waals surface area contributed by atoms with Crippen molar-refractivity contribution in [2.24, 2.45) is 0 Å². The molecule has 0 aliphatic rings. The van der Waals surface area contributed by atoms with Crippen molar-refractivity contribution < 1.29 is 24.2 Å². The van der Waals surface area contributed by atoms with E-state index >= 15 is 0 Å². The third kappa shape index (κ3) is 5.65. The summed E-state index contributed by atoms with van der Waals surface area (Å²) in [6, 6.07) is 8.67. The summed E-state index contributed by atoms with van der Waals surface area (Å²) in [6.45, 7) is -0.255. The molecule has 2 aromatic rings. The highest BCUT2D eigenvalue weighted by molar-refractivity contribution is 7.16. The van der Waals surface area contributed by atoms with E-state index in [1.165, 1.54) is 30.5 Å². The van der Waals surface area contributed by atoms with E-state index in [0.717, 1.165) is 10.4 Å². The van der Waals surface area contributed by atoms with Gasteiger partial charge >= 0.3 is 5.97 Å². The van der Waals surface area contributed by atoms with Crippen molar-refractivity contribution in [2.75, 3.05) is 20.8 Å². The second kappa shape index (κ2) is 8.73. The van der Waals surface area contributed by atoms with E-state index in [9.17, 15) is 9.59 Å². The number of carbonyl (C=O) groups is 2. The van der Waals surface area contributed by atoms with Gasteiger partial charge in [0, 0.05) is 17.5 Å². The Kier molecular flexibility index (Phi) is 6.66. The molecule has 6 nitrogen and oxygen atoms in total. The van der Waals surface area contributed by atoms with Gasteiger partial charge in [0.2, 0.25) is 5.91 Å². The van der Waals surface area contributed by atoms with Crippen molar-refractivity contribution in [3.05, 3.63) is 45.1 Å². The van der Waals surface area contributed by atoms with Crippen molar-refractivity contribution in [1.82, 2.24) is 4.90 Å². The normalized spacial score (nSPS) is 10.4. The number of carboxylic acids is 1. The van der Waals surface area contributed by atoms with E-state index in [-0.39, 0.29) is 18.9 Å². The smallest absolute Gasteiger partial charge is 0.323 e. The third-order valence-corrected chi connectivity index (χ3v) is 4.65. The first kappa shape index (κ1) is 19.1. The quantitative estimate of drug-likeness (QED) is 0.758. The van der Waals surface area contributed by atoms with Crippen molar-refractivity contribution >= 4 is 34.8 Å². The molecule has 0 saturated heterocycles. The molecule has 1 heterocycles. The molecule has 0 fully saturated rings. The first-order valence-electron chi connectivity index (χ1n) is 7.37. The van der Waals surface area contributed by atoms with E-state index in [0.29, 0.717) is 15.8 Å². The molecule has 0 atom stereocenters. The fourth-order valence-electron chi connectivity index (χ4n) is 2.28. The SMILES string of the molecule is COc1cc(CN(CC(=O)O)C(=O)Cc2ccc(Cl)s2)cc(OC)c1. The molecule has 1 N–H and O–H groups in total. The van der Waals surface area contributed by atoms with Crippen LogP contribution in [0.5, 0.6) is 11.5 Å². The van der Waals surface area contributed by atoms with Gasteiger partial charge in [0.1, 0.15) is 18.0 Å². The highest BCUT2D eigenvalue weighted by atomic mass is 35.5. The summed E-state index contributed by atoms with van der Waals surface area (Å²) in [7, 11) is 3.05. The van der Waals surface area contributed by atoms with E-state index < -0.39 is 12.5 Å². The van der Waals surface area contributed by atoms with E-state index in [2.05, 4.69) is 0 Å². The van der Waals surface area contributed by atoms with Crippen LogP contribution in [0.2, 0.25) is 4.34 Å². The number of rotatable bonds is 8. The topological polar surface area (TPSA) is 76.1 Å². The fraction of sp³-hybridized carbons (Fsp3) is 0.294. The zero-order chi connectivity index (χ0) is 18.4. The number of carboxylic acid groups (broad SMARTS) is 1. The van der Waals surface area contributed by atoms with Gasteiger partial charge in [-0.25, -0.2) is 0 Å². The minimum Gasteiger partial charge on any atom is -0.497 e. The molecule has 0 spiro atoms. The molecule has 2 rings (SSSR count). The van der Waals surface area contributed by atoms with Gasteiger partial charge in [0.15, 0.2) is 0 Å². The van der Waals surface area contributed by atoms with Crippen LogP contribution in [-0.4, -0.2) is 42.6 Å². The number of benzene rings is 1. The van der Waals surface area contributed by atoms with Gasteiger partial charge in [-0.05, 0) is 29.8 Å². The van der Waals surface area contributed by atoms with Crippen LogP contribution in [0.4, 0.5) is 0 Å². The summed E-state index contributed by atoms with van der Waals surface area (Å²) >= 11 is 7.18. The minimum absolute atomic E-state index is 0.103. The molecule has 1 aromatic carbocycles. The van der Waals surface area contributed by atoms with Crippen LogP contribution in [0.15, 0.2) is 30.3 Å². The Hall–Kier alpha value is -2.25. The number of thiophene rings is 1. The van der Waals surface area contributed by atoms with Crippen LogP contribution in [0, 0.1) is 0 Å². The van der Waals surface area contributed by atoms with Gasteiger partial charge in [0.05, 0.1) is 25.0 Å². The van der Waals surface area contributed by atoms with Gasteiger partial charge < -0.3 is 19.5 Å². The van der Waals surface area contributed by atoms with E-state index in [1.54, 1.807) is 30.3 Å². The number of nitrogens with zero attached hydrogens (tertiary/aromatic N) is 1. The lowest BCUT2D eigenvalue weighted by Gasteiger charge is -2.21. The highest BCUT2D eigenvalue weighted by Gasteiger charge is 2.19. The largest absolute Gasteiger partial charge is 0.497 e. The lowest BCUT2D eigenvalue weighted by molar-refractivity contribution is -0.144. The molecule has 0 bridgehead atoms. The Balaban J connectivity index is 2.19. The average Bonchev–Trinajstić information content (AvgIpc) is 2.98. The second-order valence-electron chi connectivity index (χ2n) is 5.25. The van der Waals surface area contributed by atoms with Crippen molar-refractivity contribution in [3.63, 3.8) is 0 Å². The first-order chi connectivity index (χ1) is 11.9. The summed E-state index contributed by atoms with van der Waals surface area (Å²) in [5, 5.41) is 9.12. The van der Waals surface area contributed by atoms with Crippen molar-refractivity contribution in [3.8, 4) is 11.5 Å². The zero-order valence-corrected chi connectivity index (χ0v) is 15.4. The van der Waals surface area contributed by atoms with Gasteiger partial charge in [-0.15, -0.1) is 11.3 Å². The fourth-order valence-corrected chi connectivity index (χ4v) is 3.36. The first-order valence-corrected chi connectivity index (χ1v) is 8.56. The molecule has 0 unspecified atom stereocenters. The Morgan fingerprint density at radius 3 is 2.28 bits per heavy atom. The molecule has 0 aliphatic heterocycles. The number of amides is 1. The number of hydrogen-bond acceptors (Lipinski definition) is 5. The number of halogens is 1. The Labute approximate surface area is 154 Å². The Morgan fingerprint density at radius 1 is 1.16 bits per heavy atom. The molecular formula is C17H18ClNO5S. The number of aliphatic carboxylic acids is 1. The summed E-state index contributed by atoms with van der Waals surface area (Å²) in [5.74, 6) is -0.223. The molecule has 134 valence electrons. The predicted molar refractivity (Wildman–Crippen MR) is 95.6 cm³/mol. The highest BCUT2D eigenvalue weighted by Crippen LogP contribution is 2.25. The average molecular weight is 384 g/mol. The molecule has 1 amide bonds. The van der Waals surface area contributed by atoms with Crippen LogP contribution in [-0.2, 0) is 22.6 Å². The van der Waals surface area contributed by atoms with Crippen LogP contribution >= 0.6 is 22.9 Å². The van der Waals surface area contributed by atoms with E-state index in [1.807, 2.05) is 0 Å². The molecule has 1 aromatic heterocycles. The summed E-state index contributed by atoms with van der Waals surface area (Å²) < 4.78 is 11.0. The number of hydrogen-bond donors (Lipinski definition) is 1. The molecule has 0 aliphatic carbocycles. The number of methoxy groups -OCH3 is 2. The number of carbonyl (C=O) groups excluding carboxylic acids is 1. The van der Waals surface area contributed by atoms with Crippen LogP contribution < -0.4 is 9.47 Å². The van der Waals surface area contributed by atoms with E-state index in [4.69, 9.17) is 26.2 Å².